The van der Waals surface area contributed by atoms with Crippen molar-refractivity contribution in [3.8, 4) is 45.6 Å². The van der Waals surface area contributed by atoms with E-state index in [0.29, 0.717) is 45.3 Å². The van der Waals surface area contributed by atoms with Crippen molar-refractivity contribution in [3.05, 3.63) is 274 Å². The summed E-state index contributed by atoms with van der Waals surface area (Å²) in [5, 5.41) is 9.81. The number of ether oxygens (including phenoxy) is 3. The molecule has 7 heteroatoms. The van der Waals surface area contributed by atoms with Crippen LogP contribution in [0.4, 0.5) is 0 Å². The lowest BCUT2D eigenvalue weighted by Crippen LogP contribution is -2.49. The number of aromatic hydroxyl groups is 1. The van der Waals surface area contributed by atoms with Crippen molar-refractivity contribution in [2.45, 2.75) is 101 Å². The van der Waals surface area contributed by atoms with Gasteiger partial charge in [-0.25, -0.2) is 0 Å². The second kappa shape index (κ2) is 21.6. The topological polar surface area (TPSA) is 82.1 Å². The molecule has 10 rings (SSSR count). The number of carbonyl (C=O) groups is 2. The van der Waals surface area contributed by atoms with Crippen molar-refractivity contribution in [2.24, 2.45) is 0 Å². The first-order valence-corrected chi connectivity index (χ1v) is 27.8. The van der Waals surface area contributed by atoms with Gasteiger partial charge in [0.15, 0.2) is 11.6 Å². The van der Waals surface area contributed by atoms with E-state index < -0.39 is 21.3 Å². The van der Waals surface area contributed by atoms with Gasteiger partial charge in [-0.3, -0.25) is 9.59 Å². The van der Waals surface area contributed by atoms with Gasteiger partial charge in [-0.1, -0.05) is 169 Å². The maximum absolute atomic E-state index is 13.7. The van der Waals surface area contributed by atoms with Crippen molar-refractivity contribution in [3.63, 3.8) is 0 Å². The highest BCUT2D eigenvalue weighted by molar-refractivity contribution is 6.24. The number of hydrogen-bond donors (Lipinski definition) is 1. The molecular weight excluding hydrogens is 996 g/mol. The minimum absolute atomic E-state index is 0.0490. The first kappa shape index (κ1) is 54.2. The minimum atomic E-state index is -0.644. The Morgan fingerprint density at radius 3 is 1.28 bits per heavy atom. The second-order valence-electron chi connectivity index (χ2n) is 22.0. The molecule has 398 valence electrons. The molecule has 0 amide bonds. The Balaban J connectivity index is 0.869. The fourth-order valence-electron chi connectivity index (χ4n) is 11.6. The third kappa shape index (κ3) is 9.93. The van der Waals surface area contributed by atoms with E-state index >= 15 is 0 Å². The third-order valence-electron chi connectivity index (χ3n) is 17.6. The predicted octanol–water partition coefficient (Wildman–Crippen LogP) is 18.4. The van der Waals surface area contributed by atoms with Crippen LogP contribution in [-0.2, 0) is 16.2 Å². The smallest absolute Gasteiger partial charge is 0.193 e. The van der Waals surface area contributed by atoms with Crippen LogP contribution in [0.15, 0.2) is 218 Å². The van der Waals surface area contributed by atoms with E-state index in [1.54, 1.807) is 42.5 Å². The molecule has 79 heavy (non-hydrogen) atoms. The zero-order valence-electron chi connectivity index (χ0n) is 46.3. The number of benzene rings is 9. The summed E-state index contributed by atoms with van der Waals surface area (Å²) >= 11 is 7.03. The fourth-order valence-corrected chi connectivity index (χ4v) is 11.8. The molecule has 0 aromatic heterocycles. The zero-order valence-corrected chi connectivity index (χ0v) is 47.0. The van der Waals surface area contributed by atoms with Crippen LogP contribution >= 0.6 is 11.6 Å². The van der Waals surface area contributed by atoms with E-state index in [2.05, 4.69) is 140 Å². The van der Waals surface area contributed by atoms with E-state index in [0.717, 1.165) is 47.3 Å². The standard InChI is InChI=1S/C72H67ClO6/c1-9-69(6,70(7,73)10-2)53-33-25-49(26-34-53)67(76)50-27-39-57(40-28-50)77-59-43-35-54(36-44-59)72(64-21-14-12-19-62(64)63-20-13-15-22-65(63)72)55-37-45-60(46-38-55)79-71(8,11-3)68(4,5)52-31-23-48(24-32-52)66(75)51-29-41-58(42-30-51)78-61-18-16-17-56(74)47-61/h12-47,74H,9-11H2,1-8H3. The molecule has 0 spiro atoms. The summed E-state index contributed by atoms with van der Waals surface area (Å²) in [6, 6.07) is 71.1. The summed E-state index contributed by atoms with van der Waals surface area (Å²) in [4.78, 5) is 26.9. The van der Waals surface area contributed by atoms with Crippen molar-refractivity contribution < 1.29 is 28.9 Å². The van der Waals surface area contributed by atoms with Gasteiger partial charge in [0, 0.05) is 39.2 Å². The molecule has 3 unspecified atom stereocenters. The van der Waals surface area contributed by atoms with Gasteiger partial charge in [-0.05, 0) is 163 Å². The van der Waals surface area contributed by atoms with Gasteiger partial charge >= 0.3 is 0 Å². The molecular formula is C72H67ClO6. The maximum atomic E-state index is 13.7. The second-order valence-corrected chi connectivity index (χ2v) is 22.8. The summed E-state index contributed by atoms with van der Waals surface area (Å²) in [5.41, 5.74) is 9.54. The van der Waals surface area contributed by atoms with E-state index in [9.17, 15) is 14.7 Å². The molecule has 1 N–H and O–H groups in total. The molecule has 0 fully saturated rings. The Kier molecular flexibility index (Phi) is 14.8. The maximum Gasteiger partial charge on any atom is 0.193 e. The molecule has 0 saturated heterocycles. The summed E-state index contributed by atoms with van der Waals surface area (Å²) in [6.07, 6.45) is 2.45. The quantitative estimate of drug-likeness (QED) is 0.0642. The van der Waals surface area contributed by atoms with Crippen LogP contribution in [0.3, 0.4) is 0 Å². The van der Waals surface area contributed by atoms with Gasteiger partial charge in [0.2, 0.25) is 0 Å². The minimum Gasteiger partial charge on any atom is -0.508 e. The highest BCUT2D eigenvalue weighted by atomic mass is 35.5. The van der Waals surface area contributed by atoms with Gasteiger partial charge in [-0.2, -0.15) is 0 Å². The van der Waals surface area contributed by atoms with Gasteiger partial charge in [-0.15, -0.1) is 11.6 Å². The molecule has 9 aromatic carbocycles. The Hall–Kier alpha value is -8.19. The number of halogens is 1. The molecule has 0 bridgehead atoms. The monoisotopic (exact) mass is 1060 g/mol. The fraction of sp³-hybridized carbons (Fsp3) is 0.222. The number of phenolic OH excluding ortho intramolecular Hbond substituents is 1. The van der Waals surface area contributed by atoms with Crippen molar-refractivity contribution in [1.29, 1.82) is 0 Å². The van der Waals surface area contributed by atoms with Gasteiger partial charge < -0.3 is 19.3 Å². The van der Waals surface area contributed by atoms with Crippen LogP contribution in [0.25, 0.3) is 11.1 Å². The number of hydrogen-bond acceptors (Lipinski definition) is 6. The first-order chi connectivity index (χ1) is 37.9. The van der Waals surface area contributed by atoms with Crippen molar-refractivity contribution in [2.75, 3.05) is 0 Å². The summed E-state index contributed by atoms with van der Waals surface area (Å²) in [6.45, 7) is 17.3. The molecule has 0 saturated carbocycles. The molecule has 0 aliphatic heterocycles. The number of ketones is 2. The number of fused-ring (bicyclic) bond motifs is 3. The van der Waals surface area contributed by atoms with E-state index in [1.807, 2.05) is 84.9 Å². The first-order valence-electron chi connectivity index (χ1n) is 27.4. The highest BCUT2D eigenvalue weighted by Crippen LogP contribution is 2.56. The molecule has 0 heterocycles. The van der Waals surface area contributed by atoms with Crippen molar-refractivity contribution in [1.82, 2.24) is 0 Å². The normalized spacial score (nSPS) is 14.8. The summed E-state index contributed by atoms with van der Waals surface area (Å²) < 4.78 is 19.4. The summed E-state index contributed by atoms with van der Waals surface area (Å²) in [7, 11) is 0. The lowest BCUT2D eigenvalue weighted by molar-refractivity contribution is 0.0138. The SMILES string of the molecule is CCC(C)(Cl)C(C)(CC)c1ccc(C(=O)c2ccc(Oc3ccc(C4(c5ccc(OC(C)(CC)C(C)(C)c6ccc(C(=O)c7ccc(Oc8cccc(O)c8)cc7)cc6)cc5)c5ccccc5-c5ccccc54)cc3)cc2)cc1. The van der Waals surface area contributed by atoms with Gasteiger partial charge in [0.1, 0.15) is 40.1 Å². The molecule has 1 aliphatic rings. The number of phenols is 1. The van der Waals surface area contributed by atoms with Crippen LogP contribution in [-0.4, -0.2) is 27.1 Å². The van der Waals surface area contributed by atoms with Crippen LogP contribution in [0, 0.1) is 0 Å². The summed E-state index contributed by atoms with van der Waals surface area (Å²) in [5.74, 6) is 3.13. The van der Waals surface area contributed by atoms with Crippen LogP contribution in [0.5, 0.6) is 34.5 Å². The van der Waals surface area contributed by atoms with E-state index in [4.69, 9.17) is 25.8 Å². The molecule has 3 atom stereocenters. The van der Waals surface area contributed by atoms with Crippen molar-refractivity contribution >= 4 is 23.2 Å². The number of alkyl halides is 1. The van der Waals surface area contributed by atoms with E-state index in [1.165, 1.54) is 28.3 Å². The molecule has 9 aromatic rings. The molecule has 1 aliphatic carbocycles. The largest absolute Gasteiger partial charge is 0.508 e. The van der Waals surface area contributed by atoms with Crippen LogP contribution in [0.2, 0.25) is 0 Å². The average Bonchev–Trinajstić information content (AvgIpc) is 4.06. The Labute approximate surface area is 470 Å². The average molecular weight is 1060 g/mol. The van der Waals surface area contributed by atoms with E-state index in [-0.39, 0.29) is 22.7 Å². The molecule has 6 nitrogen and oxygen atoms in total. The van der Waals surface area contributed by atoms with Crippen LogP contribution in [0.1, 0.15) is 140 Å². The van der Waals surface area contributed by atoms with Crippen LogP contribution < -0.4 is 14.2 Å². The third-order valence-corrected chi connectivity index (χ3v) is 18.2. The predicted molar refractivity (Wildman–Crippen MR) is 319 cm³/mol. The van der Waals surface area contributed by atoms with Gasteiger partial charge in [0.05, 0.1) is 10.3 Å². The lowest BCUT2D eigenvalue weighted by Gasteiger charge is -2.44. The van der Waals surface area contributed by atoms with Gasteiger partial charge in [0.25, 0.3) is 0 Å². The Morgan fingerprint density at radius 1 is 0.443 bits per heavy atom. The number of carbonyl (C=O) groups excluding carboxylic acids is 2. The Morgan fingerprint density at radius 2 is 0.848 bits per heavy atom. The lowest BCUT2D eigenvalue weighted by atomic mass is 9.67. The molecule has 0 radical (unpaired) electrons. The highest BCUT2D eigenvalue weighted by Gasteiger charge is 2.47. The zero-order chi connectivity index (χ0) is 55.7. The number of rotatable bonds is 19. The Bertz CT molecular complexity index is 3590.